The fourth-order valence-corrected chi connectivity index (χ4v) is 4.14. The Balaban J connectivity index is 3.49. The molecular formula is C29H48N4O5. The van der Waals surface area contributed by atoms with Crippen molar-refractivity contribution >= 4 is 23.8 Å². The smallest absolute Gasteiger partial charge is 0.408 e. The van der Waals surface area contributed by atoms with E-state index in [0.29, 0.717) is 18.5 Å². The number of ether oxygens (including phenoxy) is 1. The van der Waals surface area contributed by atoms with Crippen LogP contribution in [0.15, 0.2) is 24.3 Å². The zero-order valence-corrected chi connectivity index (χ0v) is 24.3. The Morgan fingerprint density at radius 1 is 0.974 bits per heavy atom. The van der Waals surface area contributed by atoms with E-state index >= 15 is 0 Å². The Kier molecular flexibility index (Phi) is 13.9. The Hall–Kier alpha value is -3.10. The summed E-state index contributed by atoms with van der Waals surface area (Å²) in [6.45, 7) is 13.5. The monoisotopic (exact) mass is 532 g/mol. The number of nitrogens with one attached hydrogen (secondary N) is 2. The summed E-state index contributed by atoms with van der Waals surface area (Å²) in [6, 6.07) is 5.45. The Morgan fingerprint density at radius 3 is 2.13 bits per heavy atom. The highest BCUT2D eigenvalue weighted by Gasteiger charge is 2.36. The van der Waals surface area contributed by atoms with Gasteiger partial charge in [-0.25, -0.2) is 4.79 Å². The molecule has 0 spiro atoms. The Bertz CT molecular complexity index is 911. The molecule has 3 unspecified atom stereocenters. The summed E-state index contributed by atoms with van der Waals surface area (Å²) in [5, 5.41) is 5.68. The summed E-state index contributed by atoms with van der Waals surface area (Å²) in [5.74, 6) is -1.34. The van der Waals surface area contributed by atoms with Gasteiger partial charge in [0, 0.05) is 19.0 Å². The van der Waals surface area contributed by atoms with Crippen molar-refractivity contribution in [2.75, 3.05) is 6.54 Å². The molecule has 0 fully saturated rings. The maximum Gasteiger partial charge on any atom is 0.408 e. The number of hydrogen-bond acceptors (Lipinski definition) is 5. The lowest BCUT2D eigenvalue weighted by Gasteiger charge is -2.35. The molecule has 0 radical (unpaired) electrons. The van der Waals surface area contributed by atoms with E-state index < -0.39 is 35.6 Å². The van der Waals surface area contributed by atoms with E-state index in [1.165, 1.54) is 4.90 Å². The number of unbranched alkanes of at least 4 members (excludes halogenated alkanes) is 2. The van der Waals surface area contributed by atoms with Crippen LogP contribution in [-0.2, 0) is 19.1 Å². The highest BCUT2D eigenvalue weighted by Crippen LogP contribution is 2.25. The first-order chi connectivity index (χ1) is 17.8. The van der Waals surface area contributed by atoms with Gasteiger partial charge in [0.05, 0.1) is 0 Å². The molecule has 38 heavy (non-hydrogen) atoms. The quantitative estimate of drug-likeness (QED) is 0.286. The number of aryl methyl sites for hydroxylation is 1. The third-order valence-corrected chi connectivity index (χ3v) is 6.02. The average molecular weight is 533 g/mol. The largest absolute Gasteiger partial charge is 0.444 e. The maximum atomic E-state index is 14.1. The number of nitrogens with zero attached hydrogens (tertiary/aromatic N) is 1. The first-order valence-corrected chi connectivity index (χ1v) is 13.7. The zero-order valence-electron chi connectivity index (χ0n) is 24.3. The molecule has 3 atom stereocenters. The molecule has 4 N–H and O–H groups in total. The SMILES string of the molecule is CCCCCN(C(=O)C(CCC(N)=O)NC(=O)OC(C)(C)C)C(C(=O)NC(C)CCC)c1ccc(C)cc1. The second-order valence-corrected chi connectivity index (χ2v) is 11.0. The Morgan fingerprint density at radius 2 is 1.61 bits per heavy atom. The summed E-state index contributed by atoms with van der Waals surface area (Å²) < 4.78 is 5.37. The molecule has 0 heterocycles. The summed E-state index contributed by atoms with van der Waals surface area (Å²) in [6.07, 6.45) is 3.29. The molecule has 0 aromatic heterocycles. The van der Waals surface area contributed by atoms with E-state index in [9.17, 15) is 19.2 Å². The van der Waals surface area contributed by atoms with Crippen LogP contribution >= 0.6 is 0 Å². The van der Waals surface area contributed by atoms with Crippen LogP contribution in [0.2, 0.25) is 0 Å². The number of primary amides is 1. The van der Waals surface area contributed by atoms with Gasteiger partial charge in [-0.2, -0.15) is 0 Å². The molecule has 214 valence electrons. The molecule has 0 aliphatic carbocycles. The van der Waals surface area contributed by atoms with E-state index in [-0.39, 0.29) is 24.8 Å². The van der Waals surface area contributed by atoms with Crippen LogP contribution in [0.3, 0.4) is 0 Å². The van der Waals surface area contributed by atoms with Crippen LogP contribution in [0, 0.1) is 6.92 Å². The lowest BCUT2D eigenvalue weighted by Crippen LogP contribution is -2.54. The molecule has 1 aromatic carbocycles. The van der Waals surface area contributed by atoms with Crippen molar-refractivity contribution in [3.05, 3.63) is 35.4 Å². The van der Waals surface area contributed by atoms with Gasteiger partial charge in [-0.3, -0.25) is 14.4 Å². The zero-order chi connectivity index (χ0) is 28.9. The van der Waals surface area contributed by atoms with Gasteiger partial charge >= 0.3 is 6.09 Å². The number of nitrogens with two attached hydrogens (primary N) is 1. The van der Waals surface area contributed by atoms with Crippen molar-refractivity contribution in [2.45, 2.75) is 117 Å². The van der Waals surface area contributed by atoms with Crippen molar-refractivity contribution in [2.24, 2.45) is 5.73 Å². The first-order valence-electron chi connectivity index (χ1n) is 13.7. The topological polar surface area (TPSA) is 131 Å². The van der Waals surface area contributed by atoms with Crippen molar-refractivity contribution in [1.29, 1.82) is 0 Å². The minimum Gasteiger partial charge on any atom is -0.444 e. The van der Waals surface area contributed by atoms with Gasteiger partial charge in [0.25, 0.3) is 0 Å². The van der Waals surface area contributed by atoms with Crippen LogP contribution in [0.4, 0.5) is 4.79 Å². The molecule has 0 aliphatic rings. The molecule has 0 saturated carbocycles. The fourth-order valence-electron chi connectivity index (χ4n) is 4.14. The third kappa shape index (κ3) is 12.0. The Labute approximate surface area is 228 Å². The minimum absolute atomic E-state index is 0.00778. The van der Waals surface area contributed by atoms with Gasteiger partial charge in [-0.1, -0.05) is 62.9 Å². The summed E-state index contributed by atoms with van der Waals surface area (Å²) in [7, 11) is 0. The number of benzene rings is 1. The summed E-state index contributed by atoms with van der Waals surface area (Å²) in [4.78, 5) is 53.5. The van der Waals surface area contributed by atoms with Gasteiger partial charge in [-0.15, -0.1) is 0 Å². The number of rotatable bonds is 15. The molecule has 9 nitrogen and oxygen atoms in total. The van der Waals surface area contributed by atoms with E-state index in [1.54, 1.807) is 20.8 Å². The number of amides is 4. The van der Waals surface area contributed by atoms with Crippen molar-refractivity contribution in [1.82, 2.24) is 15.5 Å². The normalized spacial score (nSPS) is 13.7. The number of carbonyl (C=O) groups excluding carboxylic acids is 4. The van der Waals surface area contributed by atoms with Crippen LogP contribution in [0.1, 0.15) is 104 Å². The van der Waals surface area contributed by atoms with Gasteiger partial charge in [0.1, 0.15) is 17.7 Å². The predicted molar refractivity (Wildman–Crippen MR) is 149 cm³/mol. The second-order valence-electron chi connectivity index (χ2n) is 11.0. The summed E-state index contributed by atoms with van der Waals surface area (Å²) in [5.41, 5.74) is 6.30. The summed E-state index contributed by atoms with van der Waals surface area (Å²) >= 11 is 0. The lowest BCUT2D eigenvalue weighted by molar-refractivity contribution is -0.143. The van der Waals surface area contributed by atoms with Crippen LogP contribution in [0.25, 0.3) is 0 Å². The van der Waals surface area contributed by atoms with Gasteiger partial charge < -0.3 is 26.0 Å². The van der Waals surface area contributed by atoms with Gasteiger partial charge in [0.2, 0.25) is 17.7 Å². The third-order valence-electron chi connectivity index (χ3n) is 6.02. The van der Waals surface area contributed by atoms with Crippen molar-refractivity contribution in [3.8, 4) is 0 Å². The molecular weight excluding hydrogens is 484 g/mol. The number of alkyl carbamates (subject to hydrolysis) is 1. The average Bonchev–Trinajstić information content (AvgIpc) is 2.80. The number of carbonyl (C=O) groups is 4. The second kappa shape index (κ2) is 16.0. The van der Waals surface area contributed by atoms with E-state index in [1.807, 2.05) is 45.0 Å². The van der Waals surface area contributed by atoms with E-state index in [4.69, 9.17) is 10.5 Å². The first kappa shape index (κ1) is 32.9. The number of hydrogen-bond donors (Lipinski definition) is 3. The molecule has 1 rings (SSSR count). The minimum atomic E-state index is -1.09. The molecule has 9 heteroatoms. The molecule has 0 aliphatic heterocycles. The van der Waals surface area contributed by atoms with Gasteiger partial charge in [-0.05, 0) is 59.4 Å². The predicted octanol–water partition coefficient (Wildman–Crippen LogP) is 4.52. The molecule has 4 amide bonds. The van der Waals surface area contributed by atoms with Crippen LogP contribution < -0.4 is 16.4 Å². The molecule has 0 bridgehead atoms. The van der Waals surface area contributed by atoms with E-state index in [2.05, 4.69) is 17.6 Å². The molecule has 0 saturated heterocycles. The van der Waals surface area contributed by atoms with E-state index in [0.717, 1.165) is 31.2 Å². The van der Waals surface area contributed by atoms with Crippen LogP contribution in [0.5, 0.6) is 0 Å². The fraction of sp³-hybridized carbons (Fsp3) is 0.655. The van der Waals surface area contributed by atoms with Crippen molar-refractivity contribution in [3.63, 3.8) is 0 Å². The molecule has 1 aromatic rings. The van der Waals surface area contributed by atoms with Crippen molar-refractivity contribution < 1.29 is 23.9 Å². The highest BCUT2D eigenvalue weighted by molar-refractivity contribution is 5.92. The lowest BCUT2D eigenvalue weighted by atomic mass is 9.99. The van der Waals surface area contributed by atoms with Gasteiger partial charge in [0.15, 0.2) is 0 Å². The standard InChI is InChI=1S/C29H48N4O5/c1-8-10-11-19-33(27(36)23(17-18-24(30)34)32-28(37)38-29(5,6)7)25(22-15-13-20(3)14-16-22)26(35)31-21(4)12-9-2/h13-16,21,23,25H,8-12,17-19H2,1-7H3,(H2,30,34)(H,31,35)(H,32,37). The highest BCUT2D eigenvalue weighted by atomic mass is 16.6. The van der Waals surface area contributed by atoms with Crippen LogP contribution in [-0.4, -0.2) is 52.9 Å². The maximum absolute atomic E-state index is 14.1.